The molecule has 0 aliphatic rings. The summed E-state index contributed by atoms with van der Waals surface area (Å²) < 4.78 is 14.7. The second-order valence-electron chi connectivity index (χ2n) is 6.55. The molecule has 0 heterocycles. The van der Waals surface area contributed by atoms with Crippen LogP contribution in [0.1, 0.15) is 45.7 Å². The van der Waals surface area contributed by atoms with E-state index < -0.39 is 8.53 Å². The Morgan fingerprint density at radius 1 is 0.815 bits per heavy atom. The Hall–Kier alpha value is -1.76. The highest BCUT2D eigenvalue weighted by atomic mass is 31.2. The first-order valence-corrected chi connectivity index (χ1v) is 10.4. The van der Waals surface area contributed by atoms with E-state index in [0.717, 1.165) is 0 Å². The lowest BCUT2D eigenvalue weighted by Crippen LogP contribution is -2.33. The lowest BCUT2D eigenvalue weighted by atomic mass is 10.2. The maximum absolute atomic E-state index is 7.32. The molecule has 0 aliphatic carbocycles. The highest BCUT2D eigenvalue weighted by Gasteiger charge is 2.27. The maximum atomic E-state index is 7.32. The van der Waals surface area contributed by atoms with Gasteiger partial charge in [0, 0.05) is 19.0 Å². The third-order valence-corrected chi connectivity index (χ3v) is 5.62. The minimum absolute atomic E-state index is 0.364. The van der Waals surface area contributed by atoms with Crippen LogP contribution >= 0.6 is 8.53 Å². The summed E-state index contributed by atoms with van der Waals surface area (Å²) in [5.41, 5.74) is 2.33. The van der Waals surface area contributed by atoms with Crippen LogP contribution in [0.3, 0.4) is 0 Å². The van der Waals surface area contributed by atoms with Gasteiger partial charge >= 0.3 is 0 Å². The van der Waals surface area contributed by atoms with Crippen LogP contribution in [-0.4, -0.2) is 16.8 Å². The van der Waals surface area contributed by atoms with Crippen LogP contribution in [0.25, 0.3) is 0 Å². The van der Waals surface area contributed by atoms with Crippen molar-refractivity contribution in [2.45, 2.75) is 59.9 Å². The topological polar surface area (TPSA) is 45.5 Å². The van der Waals surface area contributed by atoms with E-state index in [9.17, 15) is 0 Å². The van der Waals surface area contributed by atoms with Crippen molar-refractivity contribution >= 4 is 8.53 Å². The SMILES string of the molecule is CC#N.CC(C)N(C(C)C)P(OCc1ccccc1)OCc1ccccc1. The van der Waals surface area contributed by atoms with Crippen LogP contribution in [0.4, 0.5) is 0 Å². The smallest absolute Gasteiger partial charge is 0.259 e. The third-order valence-electron chi connectivity index (χ3n) is 3.62. The average molecular weight is 386 g/mol. The molecule has 5 heteroatoms. The van der Waals surface area contributed by atoms with E-state index in [1.54, 1.807) is 6.07 Å². The van der Waals surface area contributed by atoms with Crippen molar-refractivity contribution in [3.8, 4) is 6.07 Å². The summed E-state index contributed by atoms with van der Waals surface area (Å²) in [6.45, 7) is 11.3. The Balaban J connectivity index is 0.00000114. The normalized spacial score (nSPS) is 10.8. The van der Waals surface area contributed by atoms with Crippen LogP contribution in [0.2, 0.25) is 0 Å². The number of nitrogens with zero attached hydrogens (tertiary/aromatic N) is 2. The summed E-state index contributed by atoms with van der Waals surface area (Å²) in [4.78, 5) is 0. The van der Waals surface area contributed by atoms with E-state index in [1.807, 2.05) is 36.4 Å². The Morgan fingerprint density at radius 3 is 1.44 bits per heavy atom. The zero-order valence-corrected chi connectivity index (χ0v) is 17.9. The quantitative estimate of drug-likeness (QED) is 0.475. The molecule has 0 atom stereocenters. The van der Waals surface area contributed by atoms with Gasteiger partial charge in [0.25, 0.3) is 8.53 Å². The van der Waals surface area contributed by atoms with Crippen molar-refractivity contribution in [2.75, 3.05) is 0 Å². The summed E-state index contributed by atoms with van der Waals surface area (Å²) in [6.07, 6.45) is 0. The van der Waals surface area contributed by atoms with E-state index >= 15 is 0 Å². The van der Waals surface area contributed by atoms with Crippen LogP contribution in [0.5, 0.6) is 0 Å². The molecule has 0 spiro atoms. The predicted octanol–water partition coefficient (Wildman–Crippen LogP) is 6.30. The van der Waals surface area contributed by atoms with E-state index in [1.165, 1.54) is 18.1 Å². The maximum Gasteiger partial charge on any atom is 0.259 e. The van der Waals surface area contributed by atoms with Gasteiger partial charge in [-0.3, -0.25) is 0 Å². The van der Waals surface area contributed by atoms with Crippen molar-refractivity contribution in [2.24, 2.45) is 0 Å². The minimum atomic E-state index is -1.12. The molecule has 146 valence electrons. The number of hydrogen-bond donors (Lipinski definition) is 0. The van der Waals surface area contributed by atoms with E-state index in [4.69, 9.17) is 14.3 Å². The number of hydrogen-bond acceptors (Lipinski definition) is 4. The Morgan fingerprint density at radius 2 is 1.15 bits per heavy atom. The average Bonchev–Trinajstić information content (AvgIpc) is 2.65. The molecule has 0 amide bonds. The molecule has 0 bridgehead atoms. The van der Waals surface area contributed by atoms with Crippen LogP contribution < -0.4 is 0 Å². The van der Waals surface area contributed by atoms with Crippen molar-refractivity contribution in [3.63, 3.8) is 0 Å². The molecular formula is C22H31N2O2P. The molecule has 4 nitrogen and oxygen atoms in total. The molecule has 2 rings (SSSR count). The van der Waals surface area contributed by atoms with Gasteiger partial charge in [-0.2, -0.15) is 5.26 Å². The lowest BCUT2D eigenvalue weighted by molar-refractivity contribution is 0.164. The Kier molecular flexibility index (Phi) is 11.6. The molecule has 0 saturated heterocycles. The van der Waals surface area contributed by atoms with Crippen molar-refractivity contribution in [1.82, 2.24) is 4.67 Å². The van der Waals surface area contributed by atoms with Crippen LogP contribution in [0.15, 0.2) is 60.7 Å². The molecular weight excluding hydrogens is 355 g/mol. The first kappa shape index (κ1) is 23.3. The van der Waals surface area contributed by atoms with Gasteiger partial charge in [-0.15, -0.1) is 0 Å². The summed E-state index contributed by atoms with van der Waals surface area (Å²) in [5.74, 6) is 0. The zero-order chi connectivity index (χ0) is 20.1. The van der Waals surface area contributed by atoms with Gasteiger partial charge in [-0.1, -0.05) is 60.7 Å². The van der Waals surface area contributed by atoms with Crippen LogP contribution in [0, 0.1) is 11.3 Å². The van der Waals surface area contributed by atoms with E-state index in [0.29, 0.717) is 25.3 Å². The van der Waals surface area contributed by atoms with Gasteiger partial charge in [-0.05, 0) is 38.8 Å². The molecule has 0 unspecified atom stereocenters. The minimum Gasteiger partial charge on any atom is -0.317 e. The van der Waals surface area contributed by atoms with Gasteiger partial charge in [0.1, 0.15) is 0 Å². The first-order chi connectivity index (χ1) is 13.0. The van der Waals surface area contributed by atoms with Crippen LogP contribution in [-0.2, 0) is 22.3 Å². The molecule has 2 aromatic rings. The van der Waals surface area contributed by atoms with E-state index in [2.05, 4.69) is 56.6 Å². The van der Waals surface area contributed by atoms with Gasteiger partial charge < -0.3 is 9.05 Å². The van der Waals surface area contributed by atoms with Gasteiger partial charge in [-0.25, -0.2) is 4.67 Å². The van der Waals surface area contributed by atoms with E-state index in [-0.39, 0.29) is 0 Å². The molecule has 27 heavy (non-hydrogen) atoms. The van der Waals surface area contributed by atoms with Gasteiger partial charge in [0.05, 0.1) is 19.3 Å². The summed E-state index contributed by atoms with van der Waals surface area (Å²) in [7, 11) is -1.12. The highest BCUT2D eigenvalue weighted by molar-refractivity contribution is 7.44. The molecule has 0 saturated carbocycles. The highest BCUT2D eigenvalue weighted by Crippen LogP contribution is 2.47. The predicted molar refractivity (Wildman–Crippen MR) is 113 cm³/mol. The second-order valence-corrected chi connectivity index (χ2v) is 8.00. The fourth-order valence-corrected chi connectivity index (χ4v) is 4.17. The zero-order valence-electron chi connectivity index (χ0n) is 17.0. The first-order valence-electron chi connectivity index (χ1n) is 9.22. The molecule has 0 fully saturated rings. The number of benzene rings is 2. The third kappa shape index (κ3) is 9.13. The Labute approximate surface area is 165 Å². The monoisotopic (exact) mass is 386 g/mol. The van der Waals surface area contributed by atoms with Crippen molar-refractivity contribution in [3.05, 3.63) is 71.8 Å². The fourth-order valence-electron chi connectivity index (χ4n) is 2.55. The van der Waals surface area contributed by atoms with Gasteiger partial charge in [0.2, 0.25) is 0 Å². The summed E-state index contributed by atoms with van der Waals surface area (Å²) in [6, 6.07) is 23.0. The number of nitriles is 1. The summed E-state index contributed by atoms with van der Waals surface area (Å²) in [5, 5.41) is 7.32. The summed E-state index contributed by atoms with van der Waals surface area (Å²) >= 11 is 0. The molecule has 0 radical (unpaired) electrons. The molecule has 0 aromatic heterocycles. The number of rotatable bonds is 9. The second kappa shape index (κ2) is 13.4. The molecule has 0 aliphatic heterocycles. The fraction of sp³-hybridized carbons (Fsp3) is 0.409. The van der Waals surface area contributed by atoms with Gasteiger partial charge in [0.15, 0.2) is 0 Å². The molecule has 2 aromatic carbocycles. The van der Waals surface area contributed by atoms with Crippen molar-refractivity contribution in [1.29, 1.82) is 5.26 Å². The lowest BCUT2D eigenvalue weighted by Gasteiger charge is -2.35. The largest absolute Gasteiger partial charge is 0.317 e. The Bertz CT molecular complexity index is 606. The van der Waals surface area contributed by atoms with Crippen molar-refractivity contribution < 1.29 is 9.05 Å². The molecule has 0 N–H and O–H groups in total. The standard InChI is InChI=1S/C20H28NO2P.C2H3N/c1-17(2)21(18(3)4)24(22-15-19-11-7-5-8-12-19)23-16-20-13-9-6-10-14-20;1-2-3/h5-14,17-18H,15-16H2,1-4H3;1H3.